The molecule has 0 aromatic heterocycles. The van der Waals surface area contributed by atoms with Crippen molar-refractivity contribution in [2.75, 3.05) is 31.1 Å². The van der Waals surface area contributed by atoms with E-state index in [1.807, 2.05) is 4.90 Å². The molecule has 2 N–H and O–H groups in total. The van der Waals surface area contributed by atoms with Crippen molar-refractivity contribution in [3.8, 4) is 0 Å². The summed E-state index contributed by atoms with van der Waals surface area (Å²) < 4.78 is 13.1. The van der Waals surface area contributed by atoms with Gasteiger partial charge in [0.2, 0.25) is 5.91 Å². The van der Waals surface area contributed by atoms with Crippen molar-refractivity contribution in [3.63, 3.8) is 0 Å². The van der Waals surface area contributed by atoms with Crippen molar-refractivity contribution in [2.45, 2.75) is 32.4 Å². The summed E-state index contributed by atoms with van der Waals surface area (Å²) in [4.78, 5) is 17.2. The fraction of sp³-hybridized carbons (Fsp3) is 0.409. The van der Waals surface area contributed by atoms with E-state index in [1.54, 1.807) is 12.1 Å². The number of rotatable bonds is 3. The van der Waals surface area contributed by atoms with Crippen LogP contribution < -0.4 is 15.8 Å². The van der Waals surface area contributed by atoms with Crippen molar-refractivity contribution < 1.29 is 9.18 Å². The van der Waals surface area contributed by atoms with Crippen LogP contribution in [0, 0.1) is 19.7 Å². The van der Waals surface area contributed by atoms with Crippen LogP contribution in [0.15, 0.2) is 42.5 Å². The first kappa shape index (κ1) is 18.9. The fourth-order valence-corrected chi connectivity index (χ4v) is 4.18. The predicted molar refractivity (Wildman–Crippen MR) is 109 cm³/mol. The standard InChI is InChI=1S/C22H27FN4O/c1-15-3-8-21(16(2)13-15)26-9-11-27(12-10-26)22(28)20-14-19(24-25-20)17-4-6-18(23)7-5-17/h3-8,13,19-20,24-25H,9-12,14H2,1-2H3. The second-order valence-corrected chi connectivity index (χ2v) is 7.78. The van der Waals surface area contributed by atoms with Crippen LogP contribution >= 0.6 is 0 Å². The Morgan fingerprint density at radius 3 is 2.39 bits per heavy atom. The number of hydrazine groups is 1. The van der Waals surface area contributed by atoms with Crippen molar-refractivity contribution in [3.05, 3.63) is 65.0 Å². The predicted octanol–water partition coefficient (Wildman–Crippen LogP) is 2.70. The third-order valence-electron chi connectivity index (χ3n) is 5.76. The van der Waals surface area contributed by atoms with Gasteiger partial charge in [-0.25, -0.2) is 15.2 Å². The molecule has 4 rings (SSSR count). The quantitative estimate of drug-likeness (QED) is 0.857. The van der Waals surface area contributed by atoms with Gasteiger partial charge in [0.25, 0.3) is 0 Å². The van der Waals surface area contributed by atoms with Gasteiger partial charge in [-0.2, -0.15) is 0 Å². The van der Waals surface area contributed by atoms with E-state index < -0.39 is 0 Å². The first-order valence-electron chi connectivity index (χ1n) is 9.89. The normalized spacial score (nSPS) is 22.5. The Kier molecular flexibility index (Phi) is 5.33. The number of benzene rings is 2. The van der Waals surface area contributed by atoms with E-state index in [-0.39, 0.29) is 23.8 Å². The summed E-state index contributed by atoms with van der Waals surface area (Å²) in [6.45, 7) is 7.39. The molecule has 2 unspecified atom stereocenters. The van der Waals surface area contributed by atoms with Gasteiger partial charge < -0.3 is 9.80 Å². The lowest BCUT2D eigenvalue weighted by Crippen LogP contribution is -2.53. The van der Waals surface area contributed by atoms with Crippen LogP contribution in [0.5, 0.6) is 0 Å². The van der Waals surface area contributed by atoms with Crippen LogP contribution in [0.3, 0.4) is 0 Å². The maximum atomic E-state index is 13.1. The van der Waals surface area contributed by atoms with E-state index in [0.717, 1.165) is 31.7 Å². The Bertz CT molecular complexity index is 846. The minimum Gasteiger partial charge on any atom is -0.368 e. The number of piperazine rings is 1. The number of nitrogens with zero attached hydrogens (tertiary/aromatic N) is 2. The van der Waals surface area contributed by atoms with Gasteiger partial charge in [0, 0.05) is 37.9 Å². The third-order valence-corrected chi connectivity index (χ3v) is 5.76. The second-order valence-electron chi connectivity index (χ2n) is 7.78. The minimum absolute atomic E-state index is 0.0195. The molecule has 2 aliphatic heterocycles. The maximum absolute atomic E-state index is 13.1. The Morgan fingerprint density at radius 2 is 1.71 bits per heavy atom. The molecule has 2 heterocycles. The molecule has 0 aliphatic carbocycles. The highest BCUT2D eigenvalue weighted by molar-refractivity contribution is 5.82. The van der Waals surface area contributed by atoms with Crippen LogP contribution in [-0.2, 0) is 4.79 Å². The molecule has 0 radical (unpaired) electrons. The number of hydrogen-bond acceptors (Lipinski definition) is 4. The highest BCUT2D eigenvalue weighted by atomic mass is 19.1. The van der Waals surface area contributed by atoms with Crippen molar-refractivity contribution in [1.29, 1.82) is 0 Å². The fourth-order valence-electron chi connectivity index (χ4n) is 4.18. The Hall–Kier alpha value is -2.44. The van der Waals surface area contributed by atoms with Crippen LogP contribution in [-0.4, -0.2) is 43.0 Å². The number of carbonyl (C=O) groups excluding carboxylic acids is 1. The van der Waals surface area contributed by atoms with Crippen LogP contribution in [0.1, 0.15) is 29.2 Å². The molecule has 0 spiro atoms. The zero-order valence-electron chi connectivity index (χ0n) is 16.4. The highest BCUT2D eigenvalue weighted by Crippen LogP contribution is 2.25. The number of nitrogens with one attached hydrogen (secondary N) is 2. The van der Waals surface area contributed by atoms with E-state index in [9.17, 15) is 9.18 Å². The number of aryl methyl sites for hydroxylation is 2. The molecule has 2 aromatic carbocycles. The summed E-state index contributed by atoms with van der Waals surface area (Å²) in [5.74, 6) is -0.110. The number of anilines is 1. The van der Waals surface area contributed by atoms with E-state index in [4.69, 9.17) is 0 Å². The van der Waals surface area contributed by atoms with Gasteiger partial charge in [-0.3, -0.25) is 4.79 Å². The largest absolute Gasteiger partial charge is 0.368 e. The Morgan fingerprint density at radius 1 is 1.00 bits per heavy atom. The average Bonchev–Trinajstić information content (AvgIpc) is 3.18. The Balaban J connectivity index is 1.33. The lowest BCUT2D eigenvalue weighted by Gasteiger charge is -2.37. The smallest absolute Gasteiger partial charge is 0.241 e. The molecular weight excluding hydrogens is 355 g/mol. The first-order chi connectivity index (χ1) is 13.5. The topological polar surface area (TPSA) is 47.6 Å². The molecule has 2 aliphatic rings. The lowest BCUT2D eigenvalue weighted by atomic mass is 10.0. The summed E-state index contributed by atoms with van der Waals surface area (Å²) in [6.07, 6.45) is 0.668. The van der Waals surface area contributed by atoms with Crippen LogP contribution in [0.25, 0.3) is 0 Å². The van der Waals surface area contributed by atoms with Gasteiger partial charge in [-0.1, -0.05) is 29.8 Å². The molecule has 1 amide bonds. The number of amides is 1. The van der Waals surface area contributed by atoms with Gasteiger partial charge >= 0.3 is 0 Å². The number of halogens is 1. The second kappa shape index (κ2) is 7.89. The van der Waals surface area contributed by atoms with Crippen molar-refractivity contribution >= 4 is 11.6 Å². The zero-order chi connectivity index (χ0) is 19.7. The summed E-state index contributed by atoms with van der Waals surface area (Å²) in [7, 11) is 0. The average molecular weight is 382 g/mol. The highest BCUT2D eigenvalue weighted by Gasteiger charge is 2.34. The van der Waals surface area contributed by atoms with Crippen LogP contribution in [0.4, 0.5) is 10.1 Å². The molecule has 0 bridgehead atoms. The molecule has 5 nitrogen and oxygen atoms in total. The maximum Gasteiger partial charge on any atom is 0.241 e. The number of hydrogen-bond donors (Lipinski definition) is 2. The zero-order valence-corrected chi connectivity index (χ0v) is 16.4. The molecule has 2 aromatic rings. The van der Waals surface area contributed by atoms with Crippen LogP contribution in [0.2, 0.25) is 0 Å². The number of carbonyl (C=O) groups is 1. The molecule has 2 fully saturated rings. The molecule has 0 saturated carbocycles. The Labute approximate surface area is 165 Å². The molecule has 2 atom stereocenters. The third kappa shape index (κ3) is 3.88. The minimum atomic E-state index is -0.247. The van der Waals surface area contributed by atoms with E-state index in [1.165, 1.54) is 28.9 Å². The van der Waals surface area contributed by atoms with E-state index in [2.05, 4.69) is 47.8 Å². The van der Waals surface area contributed by atoms with Gasteiger partial charge in [-0.05, 0) is 49.6 Å². The van der Waals surface area contributed by atoms with Gasteiger partial charge in [0.05, 0.1) is 0 Å². The van der Waals surface area contributed by atoms with E-state index >= 15 is 0 Å². The molecule has 2 saturated heterocycles. The molecule has 6 heteroatoms. The summed E-state index contributed by atoms with van der Waals surface area (Å²) >= 11 is 0. The molecule has 148 valence electrons. The summed E-state index contributed by atoms with van der Waals surface area (Å²) in [6, 6.07) is 12.7. The summed E-state index contributed by atoms with van der Waals surface area (Å²) in [5.41, 5.74) is 11.1. The molecular formula is C22H27FN4O. The lowest BCUT2D eigenvalue weighted by molar-refractivity contribution is -0.133. The SMILES string of the molecule is Cc1ccc(N2CCN(C(=O)C3CC(c4ccc(F)cc4)NN3)CC2)c(C)c1. The van der Waals surface area contributed by atoms with E-state index in [0.29, 0.717) is 6.42 Å². The van der Waals surface area contributed by atoms with Gasteiger partial charge in [0.1, 0.15) is 11.9 Å². The first-order valence-corrected chi connectivity index (χ1v) is 9.89. The van der Waals surface area contributed by atoms with Gasteiger partial charge in [0.15, 0.2) is 0 Å². The monoisotopic (exact) mass is 382 g/mol. The summed E-state index contributed by atoms with van der Waals surface area (Å²) in [5, 5.41) is 0. The van der Waals surface area contributed by atoms with Gasteiger partial charge in [-0.15, -0.1) is 0 Å². The van der Waals surface area contributed by atoms with Crippen molar-refractivity contribution in [2.24, 2.45) is 0 Å². The van der Waals surface area contributed by atoms with Crippen molar-refractivity contribution in [1.82, 2.24) is 15.8 Å². The molecule has 28 heavy (non-hydrogen) atoms.